The van der Waals surface area contributed by atoms with Crippen LogP contribution in [0.4, 0.5) is 30.2 Å². The first-order chi connectivity index (χ1) is 14.4. The van der Waals surface area contributed by atoms with Crippen molar-refractivity contribution in [3.63, 3.8) is 0 Å². The molecule has 0 atom stereocenters. The molecule has 2 aromatic carbocycles. The quantitative estimate of drug-likeness (QED) is 0.666. The van der Waals surface area contributed by atoms with Crippen LogP contribution in [0.25, 0.3) is 0 Å². The van der Waals surface area contributed by atoms with Crippen molar-refractivity contribution in [3.05, 3.63) is 54.1 Å². The van der Waals surface area contributed by atoms with E-state index in [2.05, 4.69) is 6.07 Å². The number of carbonyl (C=O) groups excluding carboxylic acids is 1. The first-order valence-electron chi connectivity index (χ1n) is 10.1. The number of hydrogen-bond acceptors (Lipinski definition) is 3. The number of nitrogens with zero attached hydrogens (tertiary/aromatic N) is 3. The van der Waals surface area contributed by atoms with Gasteiger partial charge in [0.05, 0.1) is 29.6 Å². The van der Waals surface area contributed by atoms with E-state index < -0.39 is 11.7 Å². The summed E-state index contributed by atoms with van der Waals surface area (Å²) in [5, 5.41) is 9.09. The van der Waals surface area contributed by atoms with E-state index >= 15 is 0 Å². The highest BCUT2D eigenvalue weighted by molar-refractivity contribution is 6.08. The predicted molar refractivity (Wildman–Crippen MR) is 108 cm³/mol. The fourth-order valence-electron chi connectivity index (χ4n) is 4.43. The second-order valence-corrected chi connectivity index (χ2v) is 7.99. The molecule has 1 amide bonds. The van der Waals surface area contributed by atoms with Gasteiger partial charge in [-0.05, 0) is 61.9 Å². The van der Waals surface area contributed by atoms with E-state index in [4.69, 9.17) is 5.26 Å². The maximum absolute atomic E-state index is 13.2. The van der Waals surface area contributed by atoms with E-state index in [1.165, 1.54) is 17.0 Å². The van der Waals surface area contributed by atoms with Crippen LogP contribution in [0.15, 0.2) is 48.5 Å². The minimum Gasteiger partial charge on any atom is -0.360 e. The third kappa shape index (κ3) is 4.00. The van der Waals surface area contributed by atoms with Crippen molar-refractivity contribution < 1.29 is 18.0 Å². The van der Waals surface area contributed by atoms with Gasteiger partial charge >= 0.3 is 6.18 Å². The van der Waals surface area contributed by atoms with Crippen LogP contribution in [0.1, 0.15) is 31.2 Å². The minimum absolute atomic E-state index is 0.117. The fourth-order valence-corrected chi connectivity index (χ4v) is 4.43. The third-order valence-electron chi connectivity index (χ3n) is 5.98. The normalized spacial score (nSPS) is 21.9. The van der Waals surface area contributed by atoms with Crippen LogP contribution in [0, 0.1) is 23.2 Å². The highest BCUT2D eigenvalue weighted by atomic mass is 19.4. The number of carbonyl (C=O) groups is 1. The van der Waals surface area contributed by atoms with Crippen molar-refractivity contribution in [2.45, 2.75) is 31.9 Å². The number of alkyl halides is 3. The van der Waals surface area contributed by atoms with Gasteiger partial charge < -0.3 is 4.90 Å². The molecule has 4 nitrogen and oxygen atoms in total. The Bertz CT molecular complexity index is 974. The number of amides is 1. The van der Waals surface area contributed by atoms with Crippen LogP contribution >= 0.6 is 0 Å². The number of para-hydroxylation sites is 2. The highest BCUT2D eigenvalue weighted by Crippen LogP contribution is 2.41. The van der Waals surface area contributed by atoms with Crippen LogP contribution in [-0.2, 0) is 11.0 Å². The van der Waals surface area contributed by atoms with Gasteiger partial charge in [0.15, 0.2) is 0 Å². The van der Waals surface area contributed by atoms with Crippen LogP contribution in [0.2, 0.25) is 0 Å². The molecule has 0 saturated heterocycles. The Hall–Kier alpha value is -3.01. The van der Waals surface area contributed by atoms with Gasteiger partial charge in [-0.1, -0.05) is 18.2 Å². The Labute approximate surface area is 173 Å². The van der Waals surface area contributed by atoms with E-state index in [1.807, 2.05) is 17.0 Å². The molecule has 0 spiro atoms. The van der Waals surface area contributed by atoms with Crippen LogP contribution < -0.4 is 9.80 Å². The topological polar surface area (TPSA) is 47.3 Å². The molecule has 156 valence electrons. The van der Waals surface area contributed by atoms with E-state index in [0.29, 0.717) is 18.2 Å². The standard InChI is InChI=1S/C23H22F3N3O/c24-23(25,26)18-4-3-5-19(12-18)29-21-7-2-1-6-20(21)28(15-22(29)30)14-17-10-8-16(13-27)9-11-17/h1-7,12,16-17H,8-11,14-15H2. The Morgan fingerprint density at radius 3 is 2.37 bits per heavy atom. The van der Waals surface area contributed by atoms with Crippen LogP contribution in [-0.4, -0.2) is 19.0 Å². The van der Waals surface area contributed by atoms with Crippen molar-refractivity contribution in [1.29, 1.82) is 5.26 Å². The summed E-state index contributed by atoms with van der Waals surface area (Å²) < 4.78 is 39.5. The first-order valence-corrected chi connectivity index (χ1v) is 10.1. The Kier molecular flexibility index (Phi) is 5.42. The van der Waals surface area contributed by atoms with Gasteiger partial charge in [0.2, 0.25) is 0 Å². The molecule has 7 heteroatoms. The largest absolute Gasteiger partial charge is 0.416 e. The second-order valence-electron chi connectivity index (χ2n) is 7.99. The molecule has 1 aliphatic heterocycles. The number of anilines is 3. The molecule has 1 heterocycles. The van der Waals surface area contributed by atoms with Crippen molar-refractivity contribution in [1.82, 2.24) is 0 Å². The van der Waals surface area contributed by atoms with Crippen molar-refractivity contribution in [2.24, 2.45) is 11.8 Å². The average Bonchev–Trinajstić information content (AvgIpc) is 2.74. The summed E-state index contributed by atoms with van der Waals surface area (Å²) in [6.45, 7) is 0.822. The van der Waals surface area contributed by atoms with Crippen molar-refractivity contribution >= 4 is 23.0 Å². The maximum Gasteiger partial charge on any atom is 0.416 e. The number of rotatable bonds is 3. The molecule has 0 bridgehead atoms. The minimum atomic E-state index is -4.47. The second kappa shape index (κ2) is 8.02. The SMILES string of the molecule is N#CC1CCC(CN2CC(=O)N(c3cccc(C(F)(F)F)c3)c3ccccc32)CC1. The van der Waals surface area contributed by atoms with E-state index in [0.717, 1.165) is 43.5 Å². The van der Waals surface area contributed by atoms with Gasteiger partial charge in [-0.25, -0.2) is 0 Å². The maximum atomic E-state index is 13.2. The summed E-state index contributed by atoms with van der Waals surface area (Å²) in [6.07, 6.45) is -0.824. The van der Waals surface area contributed by atoms with Crippen LogP contribution in [0.3, 0.4) is 0 Å². The molecular weight excluding hydrogens is 391 g/mol. The first kappa shape index (κ1) is 20.3. The number of halogens is 3. The monoisotopic (exact) mass is 413 g/mol. The smallest absolute Gasteiger partial charge is 0.360 e. The van der Waals surface area contributed by atoms with Crippen LogP contribution in [0.5, 0.6) is 0 Å². The van der Waals surface area contributed by atoms with Crippen molar-refractivity contribution in [3.8, 4) is 6.07 Å². The van der Waals surface area contributed by atoms with Gasteiger partial charge in [0.1, 0.15) is 0 Å². The lowest BCUT2D eigenvalue weighted by atomic mass is 9.82. The van der Waals surface area contributed by atoms with Gasteiger partial charge in [0, 0.05) is 18.2 Å². The van der Waals surface area contributed by atoms with E-state index in [1.54, 1.807) is 12.1 Å². The molecule has 0 N–H and O–H groups in total. The molecule has 1 saturated carbocycles. The number of fused-ring (bicyclic) bond motifs is 1. The average molecular weight is 413 g/mol. The number of benzene rings is 2. The fraction of sp³-hybridized carbons (Fsp3) is 0.391. The molecule has 2 aromatic rings. The number of hydrogen-bond donors (Lipinski definition) is 0. The zero-order valence-electron chi connectivity index (χ0n) is 16.4. The third-order valence-corrected chi connectivity index (χ3v) is 5.98. The van der Waals surface area contributed by atoms with Gasteiger partial charge in [0.25, 0.3) is 5.91 Å². The number of nitriles is 1. The Balaban J connectivity index is 1.62. The molecule has 1 fully saturated rings. The molecule has 30 heavy (non-hydrogen) atoms. The summed E-state index contributed by atoms with van der Waals surface area (Å²) in [4.78, 5) is 16.4. The lowest BCUT2D eigenvalue weighted by Crippen LogP contribution is -2.45. The molecule has 0 radical (unpaired) electrons. The summed E-state index contributed by atoms with van der Waals surface area (Å²) in [5.74, 6) is 0.266. The summed E-state index contributed by atoms with van der Waals surface area (Å²) in [7, 11) is 0. The molecule has 0 unspecified atom stereocenters. The van der Waals surface area contributed by atoms with Crippen molar-refractivity contribution in [2.75, 3.05) is 22.9 Å². The lowest BCUT2D eigenvalue weighted by molar-refractivity contribution is -0.137. The van der Waals surface area contributed by atoms with E-state index in [-0.39, 0.29) is 24.1 Å². The molecule has 4 rings (SSSR count). The van der Waals surface area contributed by atoms with Gasteiger partial charge in [-0.3, -0.25) is 9.69 Å². The summed E-state index contributed by atoms with van der Waals surface area (Å²) in [6, 6.07) is 14.6. The molecular formula is C23H22F3N3O. The summed E-state index contributed by atoms with van der Waals surface area (Å²) >= 11 is 0. The van der Waals surface area contributed by atoms with E-state index in [9.17, 15) is 18.0 Å². The molecule has 0 aromatic heterocycles. The predicted octanol–water partition coefficient (Wildman–Crippen LogP) is 5.52. The molecule has 2 aliphatic rings. The molecule has 1 aliphatic carbocycles. The lowest BCUT2D eigenvalue weighted by Gasteiger charge is -2.39. The highest BCUT2D eigenvalue weighted by Gasteiger charge is 2.35. The Morgan fingerprint density at radius 1 is 1.00 bits per heavy atom. The zero-order valence-corrected chi connectivity index (χ0v) is 16.4. The summed E-state index contributed by atoms with van der Waals surface area (Å²) in [5.41, 5.74) is 0.883. The Morgan fingerprint density at radius 2 is 1.70 bits per heavy atom. The van der Waals surface area contributed by atoms with Gasteiger partial charge in [-0.15, -0.1) is 0 Å². The van der Waals surface area contributed by atoms with Gasteiger partial charge in [-0.2, -0.15) is 18.4 Å². The zero-order chi connectivity index (χ0) is 21.3.